The molecule has 0 aliphatic carbocycles. The third kappa shape index (κ3) is 3.97. The molecule has 1 amide bonds. The Morgan fingerprint density at radius 3 is 2.96 bits per heavy atom. The van der Waals surface area contributed by atoms with Crippen LogP contribution in [0, 0.1) is 5.92 Å². The number of rotatable bonds is 6. The molecule has 0 radical (unpaired) electrons. The Morgan fingerprint density at radius 2 is 2.17 bits per heavy atom. The Kier molecular flexibility index (Phi) is 4.41. The standard InChI is InChI=1S/C17H20N4O2/c1-12(2)7-14-8-15(23-20-14)9-18-17(22)11-21-10-13-5-3-4-6-16(13)19-21/h3-6,8,10,12H,7,9,11H2,1-2H3,(H,18,22). The minimum atomic E-state index is -0.111. The average molecular weight is 312 g/mol. The van der Waals surface area contributed by atoms with E-state index in [1.807, 2.05) is 36.5 Å². The highest BCUT2D eigenvalue weighted by Crippen LogP contribution is 2.11. The van der Waals surface area contributed by atoms with Crippen molar-refractivity contribution in [3.05, 3.63) is 48.0 Å². The molecule has 0 aliphatic rings. The predicted octanol–water partition coefficient (Wildman–Crippen LogP) is 2.54. The maximum atomic E-state index is 12.0. The van der Waals surface area contributed by atoms with Crippen LogP contribution in [0.2, 0.25) is 0 Å². The van der Waals surface area contributed by atoms with Gasteiger partial charge in [0, 0.05) is 17.6 Å². The molecule has 0 atom stereocenters. The van der Waals surface area contributed by atoms with E-state index in [1.54, 1.807) is 4.68 Å². The number of nitrogens with one attached hydrogen (secondary N) is 1. The number of hydrogen-bond donors (Lipinski definition) is 1. The van der Waals surface area contributed by atoms with Gasteiger partial charge in [-0.1, -0.05) is 37.2 Å². The molecule has 0 saturated heterocycles. The second-order valence-electron chi connectivity index (χ2n) is 6.04. The number of hydrogen-bond acceptors (Lipinski definition) is 4. The van der Waals surface area contributed by atoms with Crippen molar-refractivity contribution in [1.29, 1.82) is 0 Å². The minimum absolute atomic E-state index is 0.111. The summed E-state index contributed by atoms with van der Waals surface area (Å²) in [4.78, 5) is 12.0. The third-order valence-corrected chi connectivity index (χ3v) is 3.45. The lowest BCUT2D eigenvalue weighted by Crippen LogP contribution is -2.27. The van der Waals surface area contributed by atoms with Crippen LogP contribution in [0.25, 0.3) is 10.9 Å². The van der Waals surface area contributed by atoms with Crippen LogP contribution in [-0.2, 0) is 24.3 Å². The lowest BCUT2D eigenvalue weighted by atomic mass is 10.1. The zero-order valence-electron chi connectivity index (χ0n) is 13.3. The van der Waals surface area contributed by atoms with Crippen LogP contribution in [0.1, 0.15) is 25.3 Å². The fourth-order valence-electron chi connectivity index (χ4n) is 2.44. The first-order valence-corrected chi connectivity index (χ1v) is 7.73. The molecule has 6 heteroatoms. The Balaban J connectivity index is 1.54. The number of amides is 1. The highest BCUT2D eigenvalue weighted by Gasteiger charge is 2.09. The molecule has 6 nitrogen and oxygen atoms in total. The van der Waals surface area contributed by atoms with Crippen molar-refractivity contribution >= 4 is 16.8 Å². The number of carbonyl (C=O) groups is 1. The summed E-state index contributed by atoms with van der Waals surface area (Å²) < 4.78 is 6.87. The van der Waals surface area contributed by atoms with Crippen LogP contribution in [0.3, 0.4) is 0 Å². The van der Waals surface area contributed by atoms with Crippen molar-refractivity contribution in [1.82, 2.24) is 20.3 Å². The van der Waals surface area contributed by atoms with Gasteiger partial charge < -0.3 is 9.84 Å². The highest BCUT2D eigenvalue weighted by atomic mass is 16.5. The van der Waals surface area contributed by atoms with Crippen molar-refractivity contribution in [3.8, 4) is 0 Å². The van der Waals surface area contributed by atoms with Crippen molar-refractivity contribution in [2.75, 3.05) is 0 Å². The zero-order chi connectivity index (χ0) is 16.2. The van der Waals surface area contributed by atoms with Crippen LogP contribution < -0.4 is 5.32 Å². The lowest BCUT2D eigenvalue weighted by molar-refractivity contribution is -0.122. The van der Waals surface area contributed by atoms with Crippen molar-refractivity contribution in [3.63, 3.8) is 0 Å². The fraction of sp³-hybridized carbons (Fsp3) is 0.353. The van der Waals surface area contributed by atoms with E-state index in [4.69, 9.17) is 4.52 Å². The average Bonchev–Trinajstić information content (AvgIpc) is 3.10. The van der Waals surface area contributed by atoms with Crippen molar-refractivity contribution in [2.45, 2.75) is 33.4 Å². The van der Waals surface area contributed by atoms with Gasteiger partial charge >= 0.3 is 0 Å². The van der Waals surface area contributed by atoms with E-state index in [0.717, 1.165) is 23.0 Å². The Bertz CT molecular complexity index is 771. The number of carbonyl (C=O) groups excluding carboxylic acids is 1. The first-order chi connectivity index (χ1) is 11.1. The summed E-state index contributed by atoms with van der Waals surface area (Å²) in [6.07, 6.45) is 2.74. The second-order valence-corrected chi connectivity index (χ2v) is 6.04. The van der Waals surface area contributed by atoms with E-state index in [9.17, 15) is 4.79 Å². The quantitative estimate of drug-likeness (QED) is 0.759. The Morgan fingerprint density at radius 1 is 1.35 bits per heavy atom. The van der Waals surface area contributed by atoms with Gasteiger partial charge in [-0.2, -0.15) is 5.10 Å². The molecule has 0 unspecified atom stereocenters. The first kappa shape index (κ1) is 15.3. The van der Waals surface area contributed by atoms with E-state index >= 15 is 0 Å². The van der Waals surface area contributed by atoms with Gasteiger partial charge in [-0.05, 0) is 18.4 Å². The Labute approximate surface area is 134 Å². The van der Waals surface area contributed by atoms with Gasteiger partial charge in [-0.15, -0.1) is 0 Å². The summed E-state index contributed by atoms with van der Waals surface area (Å²) in [5.41, 5.74) is 1.80. The topological polar surface area (TPSA) is 73.0 Å². The van der Waals surface area contributed by atoms with Gasteiger partial charge in [0.15, 0.2) is 5.76 Å². The lowest BCUT2D eigenvalue weighted by Gasteiger charge is -2.02. The second kappa shape index (κ2) is 6.64. The predicted molar refractivity (Wildman–Crippen MR) is 86.6 cm³/mol. The van der Waals surface area contributed by atoms with E-state index in [1.165, 1.54) is 0 Å². The molecule has 0 spiro atoms. The molecular formula is C17H20N4O2. The smallest absolute Gasteiger partial charge is 0.242 e. The monoisotopic (exact) mass is 312 g/mol. The summed E-state index contributed by atoms with van der Waals surface area (Å²) in [6, 6.07) is 9.67. The summed E-state index contributed by atoms with van der Waals surface area (Å²) >= 11 is 0. The van der Waals surface area contributed by atoms with Crippen molar-refractivity contribution < 1.29 is 9.32 Å². The molecule has 2 aromatic heterocycles. The zero-order valence-corrected chi connectivity index (χ0v) is 13.3. The normalized spacial score (nSPS) is 11.3. The Hall–Kier alpha value is -2.63. The molecule has 3 aromatic rings. The number of aromatic nitrogens is 3. The van der Waals surface area contributed by atoms with Gasteiger partial charge in [-0.25, -0.2) is 0 Å². The maximum absolute atomic E-state index is 12.0. The molecule has 120 valence electrons. The number of fused-ring (bicyclic) bond motifs is 1. The SMILES string of the molecule is CC(C)Cc1cc(CNC(=O)Cn2cc3ccccc3n2)on1. The van der Waals surface area contributed by atoms with E-state index in [2.05, 4.69) is 29.4 Å². The fourth-order valence-corrected chi connectivity index (χ4v) is 2.44. The molecular weight excluding hydrogens is 292 g/mol. The summed E-state index contributed by atoms with van der Waals surface area (Å²) in [7, 11) is 0. The van der Waals surface area contributed by atoms with Gasteiger partial charge in [0.05, 0.1) is 17.8 Å². The number of benzene rings is 1. The van der Waals surface area contributed by atoms with Gasteiger partial charge in [-0.3, -0.25) is 9.48 Å². The van der Waals surface area contributed by atoms with E-state index in [0.29, 0.717) is 18.2 Å². The highest BCUT2D eigenvalue weighted by molar-refractivity contribution is 5.79. The molecule has 2 heterocycles. The summed E-state index contributed by atoms with van der Waals surface area (Å²) in [5, 5.41) is 12.2. The molecule has 1 aromatic carbocycles. The van der Waals surface area contributed by atoms with Gasteiger partial charge in [0.25, 0.3) is 0 Å². The molecule has 0 aliphatic heterocycles. The molecule has 1 N–H and O–H groups in total. The van der Waals surface area contributed by atoms with Crippen LogP contribution in [0.4, 0.5) is 0 Å². The third-order valence-electron chi connectivity index (χ3n) is 3.45. The maximum Gasteiger partial charge on any atom is 0.242 e. The van der Waals surface area contributed by atoms with Crippen LogP contribution in [0.15, 0.2) is 41.1 Å². The van der Waals surface area contributed by atoms with Crippen LogP contribution >= 0.6 is 0 Å². The summed E-state index contributed by atoms with van der Waals surface area (Å²) in [5.74, 6) is 1.08. The van der Waals surface area contributed by atoms with E-state index < -0.39 is 0 Å². The van der Waals surface area contributed by atoms with E-state index in [-0.39, 0.29) is 12.5 Å². The van der Waals surface area contributed by atoms with Gasteiger partial charge in [0.2, 0.25) is 5.91 Å². The minimum Gasteiger partial charge on any atom is -0.359 e. The molecule has 23 heavy (non-hydrogen) atoms. The van der Waals surface area contributed by atoms with Gasteiger partial charge in [0.1, 0.15) is 6.54 Å². The molecule has 0 bridgehead atoms. The largest absolute Gasteiger partial charge is 0.359 e. The number of nitrogens with zero attached hydrogens (tertiary/aromatic N) is 3. The van der Waals surface area contributed by atoms with Crippen LogP contribution in [0.5, 0.6) is 0 Å². The molecule has 0 fully saturated rings. The van der Waals surface area contributed by atoms with Crippen LogP contribution in [-0.4, -0.2) is 20.8 Å². The summed E-state index contributed by atoms with van der Waals surface area (Å²) in [6.45, 7) is 4.78. The molecule has 3 rings (SSSR count). The van der Waals surface area contributed by atoms with Crippen molar-refractivity contribution in [2.24, 2.45) is 5.92 Å². The molecule has 0 saturated carbocycles. The first-order valence-electron chi connectivity index (χ1n) is 7.73.